The Morgan fingerprint density at radius 3 is 2.67 bits per heavy atom. The first-order valence-electron chi connectivity index (χ1n) is 7.83. The Labute approximate surface area is 127 Å². The van der Waals surface area contributed by atoms with Crippen LogP contribution < -0.4 is 10.1 Å². The lowest BCUT2D eigenvalue weighted by molar-refractivity contribution is -0.137. The van der Waals surface area contributed by atoms with Gasteiger partial charge in [0, 0.05) is 13.1 Å². The molecule has 1 unspecified atom stereocenters. The number of rotatable bonds is 8. The first-order valence-corrected chi connectivity index (χ1v) is 7.83. The monoisotopic (exact) mass is 293 g/mol. The molecule has 0 bridgehead atoms. The molecular weight excluding hydrogens is 266 g/mol. The zero-order valence-corrected chi connectivity index (χ0v) is 13.4. The Kier molecular flexibility index (Phi) is 6.03. The molecule has 0 spiro atoms. The Bertz CT molecular complexity index is 417. The maximum absolute atomic E-state index is 5.76. The average Bonchev–Trinajstić information content (AvgIpc) is 2.80. The topological polar surface area (TPSA) is 39.7 Å². The van der Waals surface area contributed by atoms with Gasteiger partial charge in [-0.15, -0.1) is 0 Å². The fraction of sp³-hybridized carbons (Fsp3) is 0.647. The van der Waals surface area contributed by atoms with E-state index in [1.165, 1.54) is 5.56 Å². The minimum Gasteiger partial charge on any atom is -0.494 e. The van der Waals surface area contributed by atoms with Crippen molar-refractivity contribution >= 4 is 0 Å². The molecule has 0 aromatic heterocycles. The van der Waals surface area contributed by atoms with Crippen LogP contribution in [0.3, 0.4) is 0 Å². The molecule has 1 N–H and O–H groups in total. The van der Waals surface area contributed by atoms with E-state index in [-0.39, 0.29) is 6.10 Å². The molecule has 1 aromatic carbocycles. The van der Waals surface area contributed by atoms with Crippen molar-refractivity contribution in [1.29, 1.82) is 0 Å². The van der Waals surface area contributed by atoms with Crippen LogP contribution in [0.15, 0.2) is 24.3 Å². The van der Waals surface area contributed by atoms with Crippen molar-refractivity contribution in [3.8, 4) is 5.75 Å². The zero-order chi connectivity index (χ0) is 15.1. The largest absolute Gasteiger partial charge is 0.494 e. The van der Waals surface area contributed by atoms with E-state index in [9.17, 15) is 0 Å². The van der Waals surface area contributed by atoms with Crippen LogP contribution >= 0.6 is 0 Å². The summed E-state index contributed by atoms with van der Waals surface area (Å²) in [5.74, 6) is 0.505. The van der Waals surface area contributed by atoms with E-state index >= 15 is 0 Å². The molecule has 1 aliphatic heterocycles. The third-order valence-corrected chi connectivity index (χ3v) is 3.46. The highest BCUT2D eigenvalue weighted by molar-refractivity contribution is 5.27. The quantitative estimate of drug-likeness (QED) is 0.748. The predicted octanol–water partition coefficient (Wildman–Crippen LogP) is 3.11. The van der Waals surface area contributed by atoms with Gasteiger partial charge in [-0.05, 0) is 38.0 Å². The van der Waals surface area contributed by atoms with Gasteiger partial charge in [0.25, 0.3) is 0 Å². The van der Waals surface area contributed by atoms with Gasteiger partial charge in [-0.25, -0.2) is 0 Å². The van der Waals surface area contributed by atoms with Gasteiger partial charge < -0.3 is 19.5 Å². The highest BCUT2D eigenvalue weighted by atomic mass is 16.7. The van der Waals surface area contributed by atoms with Crippen LogP contribution in [0, 0.1) is 0 Å². The Morgan fingerprint density at radius 1 is 1.29 bits per heavy atom. The van der Waals surface area contributed by atoms with Crippen LogP contribution in [0.4, 0.5) is 0 Å². The second kappa shape index (κ2) is 7.78. The number of ether oxygens (including phenoxy) is 3. The predicted molar refractivity (Wildman–Crippen MR) is 83.5 cm³/mol. The number of benzene rings is 1. The average molecular weight is 293 g/mol. The lowest BCUT2D eigenvalue weighted by Gasteiger charge is -2.17. The second-order valence-corrected chi connectivity index (χ2v) is 5.93. The van der Waals surface area contributed by atoms with Crippen LogP contribution in [0.1, 0.15) is 39.2 Å². The smallest absolute Gasteiger partial charge is 0.163 e. The summed E-state index contributed by atoms with van der Waals surface area (Å²) in [5.41, 5.74) is 1.25. The summed E-state index contributed by atoms with van der Waals surface area (Å²) < 4.78 is 16.9. The van der Waals surface area contributed by atoms with E-state index in [1.54, 1.807) is 0 Å². The van der Waals surface area contributed by atoms with Crippen LogP contribution in [0.2, 0.25) is 0 Å². The molecular formula is C17H27NO3. The summed E-state index contributed by atoms with van der Waals surface area (Å²) in [6.07, 6.45) is 2.39. The van der Waals surface area contributed by atoms with E-state index in [1.807, 2.05) is 26.0 Å². The van der Waals surface area contributed by atoms with Crippen LogP contribution in [-0.2, 0) is 16.0 Å². The van der Waals surface area contributed by atoms with Gasteiger partial charge in [0.05, 0.1) is 19.3 Å². The van der Waals surface area contributed by atoms with Gasteiger partial charge in [-0.2, -0.15) is 0 Å². The Morgan fingerprint density at radius 2 is 2.05 bits per heavy atom. The summed E-state index contributed by atoms with van der Waals surface area (Å²) in [6, 6.07) is 8.27. The molecule has 0 saturated carbocycles. The van der Waals surface area contributed by atoms with Crippen molar-refractivity contribution < 1.29 is 14.2 Å². The molecule has 0 radical (unpaired) electrons. The molecule has 1 saturated heterocycles. The van der Waals surface area contributed by atoms with Gasteiger partial charge in [-0.3, -0.25) is 0 Å². The van der Waals surface area contributed by atoms with Gasteiger partial charge in [0.1, 0.15) is 5.75 Å². The molecule has 1 fully saturated rings. The lowest BCUT2D eigenvalue weighted by Crippen LogP contribution is -2.30. The fourth-order valence-electron chi connectivity index (χ4n) is 2.28. The molecule has 4 heteroatoms. The van der Waals surface area contributed by atoms with E-state index in [4.69, 9.17) is 14.2 Å². The summed E-state index contributed by atoms with van der Waals surface area (Å²) in [6.45, 7) is 9.15. The first kappa shape index (κ1) is 16.3. The molecule has 21 heavy (non-hydrogen) atoms. The maximum Gasteiger partial charge on any atom is 0.163 e. The standard InChI is InChI=1S/C17H27NO3/c1-4-5-10-19-15-8-6-14(7-9-15)11-18-12-16-13-20-17(2,3)21-16/h6-9,16,18H,4-5,10-13H2,1-3H3. The molecule has 1 aromatic rings. The van der Waals surface area contributed by atoms with Crippen molar-refractivity contribution in [3.63, 3.8) is 0 Å². The van der Waals surface area contributed by atoms with E-state index < -0.39 is 5.79 Å². The lowest BCUT2D eigenvalue weighted by atomic mass is 10.2. The summed E-state index contributed by atoms with van der Waals surface area (Å²) in [7, 11) is 0. The van der Waals surface area contributed by atoms with E-state index in [0.717, 1.165) is 38.3 Å². The number of hydrogen-bond donors (Lipinski definition) is 1. The molecule has 1 heterocycles. The van der Waals surface area contributed by atoms with Gasteiger partial charge >= 0.3 is 0 Å². The minimum absolute atomic E-state index is 0.136. The summed E-state index contributed by atoms with van der Waals surface area (Å²) in [5, 5.41) is 3.41. The Balaban J connectivity index is 1.67. The number of nitrogens with one attached hydrogen (secondary N) is 1. The van der Waals surface area contributed by atoms with Crippen molar-refractivity contribution in [2.75, 3.05) is 19.8 Å². The number of hydrogen-bond acceptors (Lipinski definition) is 4. The molecule has 4 nitrogen and oxygen atoms in total. The normalized spacial score (nSPS) is 20.6. The third kappa shape index (κ3) is 5.65. The summed E-state index contributed by atoms with van der Waals surface area (Å²) in [4.78, 5) is 0. The molecule has 0 aliphatic carbocycles. The summed E-state index contributed by atoms with van der Waals surface area (Å²) >= 11 is 0. The highest BCUT2D eigenvalue weighted by Gasteiger charge is 2.32. The molecule has 1 aliphatic rings. The fourth-order valence-corrected chi connectivity index (χ4v) is 2.28. The van der Waals surface area contributed by atoms with E-state index in [2.05, 4.69) is 24.4 Å². The molecule has 2 rings (SSSR count). The zero-order valence-electron chi connectivity index (χ0n) is 13.4. The first-order chi connectivity index (χ1) is 10.1. The van der Waals surface area contributed by atoms with Crippen molar-refractivity contribution in [2.45, 2.75) is 52.0 Å². The SMILES string of the molecule is CCCCOc1ccc(CNCC2COC(C)(C)O2)cc1. The maximum atomic E-state index is 5.76. The number of unbranched alkanes of at least 4 members (excludes halogenated alkanes) is 1. The van der Waals surface area contributed by atoms with Crippen LogP contribution in [-0.4, -0.2) is 31.6 Å². The molecule has 118 valence electrons. The van der Waals surface area contributed by atoms with E-state index in [0.29, 0.717) is 6.61 Å². The second-order valence-electron chi connectivity index (χ2n) is 5.93. The molecule has 0 amide bonds. The Hall–Kier alpha value is -1.10. The highest BCUT2D eigenvalue weighted by Crippen LogP contribution is 2.21. The van der Waals surface area contributed by atoms with Crippen molar-refractivity contribution in [3.05, 3.63) is 29.8 Å². The van der Waals surface area contributed by atoms with Crippen molar-refractivity contribution in [2.24, 2.45) is 0 Å². The molecule has 1 atom stereocenters. The van der Waals surface area contributed by atoms with Gasteiger partial charge in [0.2, 0.25) is 0 Å². The van der Waals surface area contributed by atoms with Crippen molar-refractivity contribution in [1.82, 2.24) is 5.32 Å². The minimum atomic E-state index is -0.441. The van der Waals surface area contributed by atoms with Crippen LogP contribution in [0.5, 0.6) is 5.75 Å². The van der Waals surface area contributed by atoms with Gasteiger partial charge in [0.15, 0.2) is 5.79 Å². The third-order valence-electron chi connectivity index (χ3n) is 3.46. The van der Waals surface area contributed by atoms with Gasteiger partial charge in [-0.1, -0.05) is 25.5 Å². The van der Waals surface area contributed by atoms with Crippen LogP contribution in [0.25, 0.3) is 0 Å².